The van der Waals surface area contributed by atoms with Crippen molar-refractivity contribution < 1.29 is 29.9 Å². The van der Waals surface area contributed by atoms with Gasteiger partial charge in [-0.25, -0.2) is 9.97 Å². The van der Waals surface area contributed by atoms with Gasteiger partial charge >= 0.3 is 0 Å². The summed E-state index contributed by atoms with van der Waals surface area (Å²) in [5.41, 5.74) is 24.1. The maximum atomic E-state index is 11.7. The molecule has 0 saturated carbocycles. The molecule has 2 fully saturated rings. The summed E-state index contributed by atoms with van der Waals surface area (Å²) in [5, 5.41) is 43.1. The summed E-state index contributed by atoms with van der Waals surface area (Å²) < 4.78 is 13.6. The van der Waals surface area contributed by atoms with Gasteiger partial charge in [-0.15, -0.1) is 0 Å². The van der Waals surface area contributed by atoms with Crippen molar-refractivity contribution in [2.75, 3.05) is 24.6 Å². The SMILES string of the molecule is NC[C@H]1O[C@@H](n2cnc3c(=O)[nH]c(N)nc32)[C@H](O)[C@@H]1O.[N-]=[N+]=NC[C@H]1O[C@@H](n2cnc3c(=O)[nH]c(N)nc32)[C@H](O)[C@@H]1O. The van der Waals surface area contributed by atoms with Crippen molar-refractivity contribution in [3.8, 4) is 0 Å². The van der Waals surface area contributed by atoms with Gasteiger partial charge in [0.15, 0.2) is 34.8 Å². The number of H-pyrrole nitrogens is 2. The fourth-order valence-corrected chi connectivity index (χ4v) is 4.64. The molecule has 6 heterocycles. The molecule has 0 aromatic carbocycles. The number of aromatic amines is 2. The number of aliphatic hydroxyl groups excluding tert-OH is 4. The zero-order chi connectivity index (χ0) is 30.3. The Kier molecular flexibility index (Phi) is 7.77. The van der Waals surface area contributed by atoms with Crippen molar-refractivity contribution >= 4 is 34.2 Å². The maximum absolute atomic E-state index is 11.7. The Morgan fingerprint density at radius 2 is 1.31 bits per heavy atom. The Bertz CT molecular complexity index is 1760. The molecule has 4 aromatic heterocycles. The van der Waals surface area contributed by atoms with Crippen LogP contribution in [0.2, 0.25) is 0 Å². The van der Waals surface area contributed by atoms with Gasteiger partial charge in [0, 0.05) is 11.5 Å². The fourth-order valence-electron chi connectivity index (χ4n) is 4.64. The highest BCUT2D eigenvalue weighted by atomic mass is 16.6. The molecule has 42 heavy (non-hydrogen) atoms. The average molecular weight is 591 g/mol. The molecule has 22 nitrogen and oxygen atoms in total. The van der Waals surface area contributed by atoms with E-state index >= 15 is 0 Å². The van der Waals surface area contributed by atoms with Crippen LogP contribution in [0.4, 0.5) is 11.9 Å². The third kappa shape index (κ3) is 4.99. The van der Waals surface area contributed by atoms with Gasteiger partial charge in [0.25, 0.3) is 11.1 Å². The van der Waals surface area contributed by atoms with E-state index in [1.165, 1.54) is 21.8 Å². The Balaban J connectivity index is 0.000000169. The monoisotopic (exact) mass is 590 g/mol. The molecule has 6 rings (SSSR count). The number of anilines is 2. The van der Waals surface area contributed by atoms with Crippen LogP contribution in [0.5, 0.6) is 0 Å². The molecule has 0 spiro atoms. The van der Waals surface area contributed by atoms with Crippen LogP contribution >= 0.6 is 0 Å². The molecule has 8 atom stereocenters. The first-order chi connectivity index (χ1) is 20.0. The van der Waals surface area contributed by atoms with Gasteiger partial charge in [-0.3, -0.25) is 28.7 Å². The van der Waals surface area contributed by atoms with Crippen LogP contribution in [0, 0.1) is 0 Å². The summed E-state index contributed by atoms with van der Waals surface area (Å²) in [6.45, 7) is -0.0918. The van der Waals surface area contributed by atoms with Crippen LogP contribution in [0.15, 0.2) is 27.4 Å². The maximum Gasteiger partial charge on any atom is 0.280 e. The summed E-state index contributed by atoms with van der Waals surface area (Å²) in [6, 6.07) is 0. The number of azide groups is 1. The van der Waals surface area contributed by atoms with Crippen molar-refractivity contribution in [1.29, 1.82) is 0 Å². The third-order valence-electron chi connectivity index (χ3n) is 6.68. The lowest BCUT2D eigenvalue weighted by atomic mass is 10.1. The molecule has 2 saturated heterocycles. The number of imidazole rings is 2. The predicted octanol–water partition coefficient (Wildman–Crippen LogP) is -4.09. The van der Waals surface area contributed by atoms with Crippen molar-refractivity contribution in [3.05, 3.63) is 43.8 Å². The highest BCUT2D eigenvalue weighted by Crippen LogP contribution is 2.32. The standard InChI is InChI=1S/C10H12N8O4.C10H14N6O4/c11-10-15-7-4(8(21)16-10)13-2-18(7)9-6(20)5(19)3(22-9)1-14-17-12;11-1-3-5(17)6(18)9(20-3)16-2-13-4-7(16)14-10(12)15-8(4)19/h2-3,5-6,9,19-20H,1H2,(H3,11,15,16,21);2-3,5-6,9,17-18H,1,11H2,(H3,12,14,15,19)/t2*3-,5-,6-,9-/m11/s1. The lowest BCUT2D eigenvalue weighted by Crippen LogP contribution is -2.35. The molecular formula is C20H26N14O8. The lowest BCUT2D eigenvalue weighted by molar-refractivity contribution is -0.0322. The molecule has 2 aliphatic rings. The van der Waals surface area contributed by atoms with Gasteiger partial charge in [0.1, 0.15) is 30.5 Å². The van der Waals surface area contributed by atoms with Gasteiger partial charge in [-0.1, -0.05) is 5.11 Å². The fraction of sp³-hybridized carbons (Fsp3) is 0.500. The Hall–Kier alpha value is -4.67. The Labute approximate surface area is 232 Å². The molecule has 0 radical (unpaired) electrons. The van der Waals surface area contributed by atoms with Gasteiger partial charge in [-0.2, -0.15) is 9.97 Å². The van der Waals surface area contributed by atoms with E-state index in [0.29, 0.717) is 0 Å². The lowest BCUT2D eigenvalue weighted by Gasteiger charge is -2.16. The summed E-state index contributed by atoms with van der Waals surface area (Å²) in [4.78, 5) is 46.3. The molecule has 4 aromatic rings. The predicted molar refractivity (Wildman–Crippen MR) is 140 cm³/mol. The molecule has 0 amide bonds. The van der Waals surface area contributed by atoms with Gasteiger partial charge < -0.3 is 47.1 Å². The minimum Gasteiger partial charge on any atom is -0.388 e. The second-order valence-electron chi connectivity index (χ2n) is 9.29. The number of hydrogen-bond acceptors (Lipinski definition) is 16. The number of rotatable bonds is 5. The Morgan fingerprint density at radius 3 is 1.74 bits per heavy atom. The summed E-state index contributed by atoms with van der Waals surface area (Å²) >= 11 is 0. The number of ether oxygens (including phenoxy) is 2. The van der Waals surface area contributed by atoms with E-state index in [4.69, 9.17) is 32.2 Å². The van der Waals surface area contributed by atoms with Crippen molar-refractivity contribution in [2.24, 2.45) is 10.8 Å². The van der Waals surface area contributed by atoms with Crippen LogP contribution in [0.1, 0.15) is 12.5 Å². The number of nitrogens with one attached hydrogen (secondary N) is 2. The zero-order valence-corrected chi connectivity index (χ0v) is 21.4. The second kappa shape index (κ2) is 11.3. The minimum atomic E-state index is -1.31. The van der Waals surface area contributed by atoms with E-state index in [1.807, 2.05) is 0 Å². The van der Waals surface area contributed by atoms with Crippen LogP contribution in [-0.2, 0) is 9.47 Å². The topological polar surface area (TPSA) is 353 Å². The number of aliphatic hydroxyl groups is 4. The van der Waals surface area contributed by atoms with Gasteiger partial charge in [0.05, 0.1) is 25.3 Å². The van der Waals surface area contributed by atoms with Crippen LogP contribution in [0.25, 0.3) is 32.8 Å². The zero-order valence-electron chi connectivity index (χ0n) is 21.4. The summed E-state index contributed by atoms with van der Waals surface area (Å²) in [7, 11) is 0. The molecule has 0 bridgehead atoms. The number of nitrogens with zero attached hydrogens (tertiary/aromatic N) is 9. The highest BCUT2D eigenvalue weighted by Gasteiger charge is 2.45. The molecule has 224 valence electrons. The molecule has 12 N–H and O–H groups in total. The van der Waals surface area contributed by atoms with Crippen molar-refractivity contribution in [2.45, 2.75) is 49.1 Å². The van der Waals surface area contributed by atoms with Crippen molar-refractivity contribution in [3.63, 3.8) is 0 Å². The van der Waals surface area contributed by atoms with Crippen molar-refractivity contribution in [1.82, 2.24) is 39.0 Å². The number of hydrogen-bond donors (Lipinski definition) is 9. The highest BCUT2D eigenvalue weighted by molar-refractivity contribution is 5.71. The van der Waals surface area contributed by atoms with E-state index in [9.17, 15) is 30.0 Å². The van der Waals surface area contributed by atoms with Gasteiger partial charge in [-0.05, 0) is 5.53 Å². The van der Waals surface area contributed by atoms with Crippen LogP contribution in [-0.4, -0.2) is 109 Å². The number of nitrogen functional groups attached to an aromatic ring is 2. The second-order valence-corrected chi connectivity index (χ2v) is 9.29. The van der Waals surface area contributed by atoms with E-state index < -0.39 is 60.2 Å². The Morgan fingerprint density at radius 1 is 0.857 bits per heavy atom. The smallest absolute Gasteiger partial charge is 0.280 e. The van der Waals surface area contributed by atoms with Crippen LogP contribution < -0.4 is 28.3 Å². The van der Waals surface area contributed by atoms with E-state index in [-0.39, 0.29) is 47.3 Å². The van der Waals surface area contributed by atoms with E-state index in [1.54, 1.807) is 0 Å². The molecule has 22 heteroatoms. The molecule has 0 unspecified atom stereocenters. The third-order valence-corrected chi connectivity index (χ3v) is 6.68. The first-order valence-electron chi connectivity index (χ1n) is 12.2. The average Bonchev–Trinajstić information content (AvgIpc) is 3.70. The number of aromatic nitrogens is 8. The first-order valence-corrected chi connectivity index (χ1v) is 12.2. The largest absolute Gasteiger partial charge is 0.388 e. The minimum absolute atomic E-state index is 0.0259. The first kappa shape index (κ1) is 28.8. The molecule has 2 aliphatic heterocycles. The molecular weight excluding hydrogens is 564 g/mol. The van der Waals surface area contributed by atoms with Gasteiger partial charge in [0.2, 0.25) is 11.9 Å². The van der Waals surface area contributed by atoms with E-state index in [2.05, 4.69) is 39.9 Å². The summed E-state index contributed by atoms with van der Waals surface area (Å²) in [6.07, 6.45) is -5.89. The quantitative estimate of drug-likeness (QED) is 0.0606. The van der Waals surface area contributed by atoms with Crippen LogP contribution in [0.3, 0.4) is 0 Å². The normalized spacial score (nSPS) is 29.0. The number of fused-ring (bicyclic) bond motifs is 2. The van der Waals surface area contributed by atoms with E-state index in [0.717, 1.165) is 0 Å². The number of nitrogens with two attached hydrogens (primary N) is 3. The molecule has 0 aliphatic carbocycles. The summed E-state index contributed by atoms with van der Waals surface area (Å²) in [5.74, 6) is -0.189.